The van der Waals surface area contributed by atoms with Gasteiger partial charge in [-0.25, -0.2) is 4.39 Å². The van der Waals surface area contributed by atoms with Crippen molar-refractivity contribution in [2.75, 3.05) is 6.61 Å². The number of allylic oxidation sites excluding steroid dienone is 1. The SMILES string of the molecule is C=C(C#N)c1cc(-c2ccccc2F)c(OCC)cc1[N+](=O)[O-]. The van der Waals surface area contributed by atoms with Crippen LogP contribution >= 0.6 is 0 Å². The van der Waals surface area contributed by atoms with Crippen LogP contribution in [-0.2, 0) is 0 Å². The standard InChI is InChI=1S/C17H13FN2O3/c1-3-23-17-9-16(20(21)22)13(11(2)10-19)8-14(17)12-6-4-5-7-15(12)18/h4-9H,2-3H2,1H3. The number of benzene rings is 2. The number of hydrogen-bond donors (Lipinski definition) is 0. The zero-order chi connectivity index (χ0) is 17.0. The molecular weight excluding hydrogens is 299 g/mol. The Morgan fingerprint density at radius 3 is 2.65 bits per heavy atom. The van der Waals surface area contributed by atoms with Gasteiger partial charge in [-0.05, 0) is 19.1 Å². The van der Waals surface area contributed by atoms with E-state index in [1.54, 1.807) is 25.1 Å². The lowest BCUT2D eigenvalue weighted by molar-refractivity contribution is -0.385. The predicted molar refractivity (Wildman–Crippen MR) is 84.3 cm³/mol. The molecule has 0 saturated carbocycles. The highest BCUT2D eigenvalue weighted by molar-refractivity contribution is 5.86. The molecule has 0 radical (unpaired) electrons. The Hall–Kier alpha value is -3.20. The minimum atomic E-state index is -0.620. The molecule has 116 valence electrons. The molecule has 2 rings (SSSR count). The van der Waals surface area contributed by atoms with Gasteiger partial charge < -0.3 is 4.74 Å². The molecule has 0 spiro atoms. The molecule has 0 N–H and O–H groups in total. The van der Waals surface area contributed by atoms with E-state index in [0.717, 1.165) is 0 Å². The molecule has 0 heterocycles. The number of nitrogens with zero attached hydrogens (tertiary/aromatic N) is 2. The second-order valence-corrected chi connectivity index (χ2v) is 4.63. The second-order valence-electron chi connectivity index (χ2n) is 4.63. The number of nitro benzene ring substituents is 1. The van der Waals surface area contributed by atoms with Crippen molar-refractivity contribution in [1.29, 1.82) is 5.26 Å². The summed E-state index contributed by atoms with van der Waals surface area (Å²) < 4.78 is 19.5. The summed E-state index contributed by atoms with van der Waals surface area (Å²) in [6.07, 6.45) is 0. The summed E-state index contributed by atoms with van der Waals surface area (Å²) >= 11 is 0. The fourth-order valence-corrected chi connectivity index (χ4v) is 2.19. The van der Waals surface area contributed by atoms with Gasteiger partial charge in [-0.2, -0.15) is 5.26 Å². The van der Waals surface area contributed by atoms with Crippen LogP contribution in [0.25, 0.3) is 16.7 Å². The smallest absolute Gasteiger partial charge is 0.281 e. The van der Waals surface area contributed by atoms with Gasteiger partial charge in [0.05, 0.1) is 34.8 Å². The van der Waals surface area contributed by atoms with Gasteiger partial charge >= 0.3 is 0 Å². The molecular formula is C17H13FN2O3. The maximum Gasteiger partial charge on any atom is 0.281 e. The van der Waals surface area contributed by atoms with Gasteiger partial charge in [-0.1, -0.05) is 24.8 Å². The molecule has 2 aromatic rings. The number of rotatable bonds is 5. The quantitative estimate of drug-likeness (QED) is 0.467. The Bertz CT molecular complexity index is 825. The number of halogens is 1. The Labute approximate surface area is 132 Å². The molecule has 0 fully saturated rings. The maximum absolute atomic E-state index is 14.1. The van der Waals surface area contributed by atoms with Crippen LogP contribution in [0.3, 0.4) is 0 Å². The third-order valence-electron chi connectivity index (χ3n) is 3.22. The van der Waals surface area contributed by atoms with E-state index in [9.17, 15) is 14.5 Å². The number of hydrogen-bond acceptors (Lipinski definition) is 4. The number of ether oxygens (including phenoxy) is 1. The molecule has 0 saturated heterocycles. The fraction of sp³-hybridized carbons (Fsp3) is 0.118. The summed E-state index contributed by atoms with van der Waals surface area (Å²) in [6, 6.07) is 10.4. The molecule has 0 amide bonds. The van der Waals surface area contributed by atoms with Gasteiger partial charge in [0.1, 0.15) is 11.6 Å². The Kier molecular flexibility index (Phi) is 4.72. The van der Waals surface area contributed by atoms with Gasteiger partial charge in [-0.3, -0.25) is 10.1 Å². The van der Waals surface area contributed by atoms with Gasteiger partial charge in [0, 0.05) is 11.1 Å². The molecule has 0 bridgehead atoms. The lowest BCUT2D eigenvalue weighted by Gasteiger charge is -2.13. The van der Waals surface area contributed by atoms with Crippen molar-refractivity contribution in [2.24, 2.45) is 0 Å². The van der Waals surface area contributed by atoms with Crippen molar-refractivity contribution in [1.82, 2.24) is 0 Å². The first-order valence-corrected chi connectivity index (χ1v) is 6.79. The number of nitro groups is 1. The summed E-state index contributed by atoms with van der Waals surface area (Å²) in [6.45, 7) is 5.50. The van der Waals surface area contributed by atoms with Crippen LogP contribution in [0.2, 0.25) is 0 Å². The summed E-state index contributed by atoms with van der Waals surface area (Å²) in [4.78, 5) is 10.6. The van der Waals surface area contributed by atoms with Crippen molar-refractivity contribution in [3.8, 4) is 22.9 Å². The van der Waals surface area contributed by atoms with Gasteiger partial charge in [0.25, 0.3) is 5.69 Å². The van der Waals surface area contributed by atoms with E-state index in [4.69, 9.17) is 10.00 Å². The molecule has 0 aliphatic heterocycles. The summed E-state index contributed by atoms with van der Waals surface area (Å²) in [5.41, 5.74) is 0.233. The molecule has 5 nitrogen and oxygen atoms in total. The number of nitriles is 1. The van der Waals surface area contributed by atoms with Crippen molar-refractivity contribution in [2.45, 2.75) is 6.92 Å². The lowest BCUT2D eigenvalue weighted by atomic mass is 9.97. The van der Waals surface area contributed by atoms with Crippen molar-refractivity contribution >= 4 is 11.3 Å². The van der Waals surface area contributed by atoms with Gasteiger partial charge in [0.15, 0.2) is 0 Å². The molecule has 0 aliphatic rings. The fourth-order valence-electron chi connectivity index (χ4n) is 2.19. The molecule has 6 heteroatoms. The highest BCUT2D eigenvalue weighted by Crippen LogP contribution is 2.39. The van der Waals surface area contributed by atoms with E-state index in [1.165, 1.54) is 24.3 Å². The van der Waals surface area contributed by atoms with Crippen LogP contribution in [0.1, 0.15) is 12.5 Å². The highest BCUT2D eigenvalue weighted by atomic mass is 19.1. The zero-order valence-electron chi connectivity index (χ0n) is 12.4. The third-order valence-corrected chi connectivity index (χ3v) is 3.22. The van der Waals surface area contributed by atoms with Crippen molar-refractivity contribution in [3.63, 3.8) is 0 Å². The molecule has 0 atom stereocenters. The molecule has 0 aliphatic carbocycles. The maximum atomic E-state index is 14.1. The summed E-state index contributed by atoms with van der Waals surface area (Å²) in [5.74, 6) is -0.311. The minimum Gasteiger partial charge on any atom is -0.493 e. The first-order chi connectivity index (χ1) is 11.0. The van der Waals surface area contributed by atoms with Crippen LogP contribution in [0.4, 0.5) is 10.1 Å². The zero-order valence-corrected chi connectivity index (χ0v) is 12.4. The Morgan fingerprint density at radius 2 is 2.09 bits per heavy atom. The third kappa shape index (κ3) is 3.19. The van der Waals surface area contributed by atoms with E-state index in [0.29, 0.717) is 5.56 Å². The van der Waals surface area contributed by atoms with Gasteiger partial charge in [0.2, 0.25) is 0 Å². The van der Waals surface area contributed by atoms with Crippen LogP contribution in [0, 0.1) is 27.3 Å². The topological polar surface area (TPSA) is 76.2 Å². The summed E-state index contributed by atoms with van der Waals surface area (Å²) in [5, 5.41) is 20.2. The average molecular weight is 312 g/mol. The summed E-state index contributed by atoms with van der Waals surface area (Å²) in [7, 11) is 0. The van der Waals surface area contributed by atoms with Crippen LogP contribution in [0.15, 0.2) is 43.0 Å². The Morgan fingerprint density at radius 1 is 1.39 bits per heavy atom. The first kappa shape index (κ1) is 16.2. The Balaban J connectivity index is 2.79. The lowest BCUT2D eigenvalue weighted by Crippen LogP contribution is -2.00. The average Bonchev–Trinajstić information content (AvgIpc) is 2.54. The monoisotopic (exact) mass is 312 g/mol. The van der Waals surface area contributed by atoms with Crippen molar-refractivity contribution < 1.29 is 14.1 Å². The minimum absolute atomic E-state index is 0.0409. The van der Waals surface area contributed by atoms with E-state index in [-0.39, 0.29) is 34.7 Å². The molecule has 2 aromatic carbocycles. The van der Waals surface area contributed by atoms with E-state index < -0.39 is 10.7 Å². The predicted octanol–water partition coefficient (Wildman–Crippen LogP) is 4.34. The van der Waals surface area contributed by atoms with E-state index >= 15 is 0 Å². The van der Waals surface area contributed by atoms with Crippen LogP contribution in [-0.4, -0.2) is 11.5 Å². The van der Waals surface area contributed by atoms with Crippen molar-refractivity contribution in [3.05, 3.63) is 64.5 Å². The highest BCUT2D eigenvalue weighted by Gasteiger charge is 2.22. The van der Waals surface area contributed by atoms with Crippen LogP contribution in [0.5, 0.6) is 5.75 Å². The normalized spacial score (nSPS) is 9.96. The van der Waals surface area contributed by atoms with E-state index in [2.05, 4.69) is 6.58 Å². The second kappa shape index (κ2) is 6.71. The van der Waals surface area contributed by atoms with Crippen LogP contribution < -0.4 is 4.74 Å². The molecule has 0 unspecified atom stereocenters. The largest absolute Gasteiger partial charge is 0.493 e. The molecule has 0 aromatic heterocycles. The first-order valence-electron chi connectivity index (χ1n) is 6.79. The van der Waals surface area contributed by atoms with E-state index in [1.807, 2.05) is 0 Å². The molecule has 23 heavy (non-hydrogen) atoms. The van der Waals surface area contributed by atoms with Gasteiger partial charge in [-0.15, -0.1) is 0 Å².